The summed E-state index contributed by atoms with van der Waals surface area (Å²) in [5, 5.41) is 22.2. The number of nitrogens with one attached hydrogen (secondary N) is 1. The number of aliphatic hydroxyl groups excluding tert-OH is 2. The van der Waals surface area contributed by atoms with Crippen molar-refractivity contribution >= 4 is 6.03 Å². The summed E-state index contributed by atoms with van der Waals surface area (Å²) in [4.78, 5) is 16.4. The zero-order chi connectivity index (χ0) is 17.1. The van der Waals surface area contributed by atoms with Gasteiger partial charge < -0.3 is 20.4 Å². The van der Waals surface area contributed by atoms with E-state index in [9.17, 15) is 15.0 Å². The lowest BCUT2D eigenvalue weighted by Crippen LogP contribution is -2.48. The minimum Gasteiger partial charge on any atom is -0.394 e. The Morgan fingerprint density at radius 3 is 2.71 bits per heavy atom. The number of carbonyl (C=O) groups is 1. The molecule has 6 heteroatoms. The number of amides is 2. The third-order valence-electron chi connectivity index (χ3n) is 5.12. The monoisotopic (exact) mass is 333 g/mol. The summed E-state index contributed by atoms with van der Waals surface area (Å²) >= 11 is 0. The van der Waals surface area contributed by atoms with Crippen molar-refractivity contribution in [1.29, 1.82) is 0 Å². The van der Waals surface area contributed by atoms with E-state index in [1.807, 2.05) is 18.2 Å². The van der Waals surface area contributed by atoms with Crippen LogP contribution in [0.2, 0.25) is 0 Å². The van der Waals surface area contributed by atoms with Gasteiger partial charge in [0.2, 0.25) is 0 Å². The number of hydrogen-bond acceptors (Lipinski definition) is 4. The number of aliphatic hydroxyl groups is 2. The average molecular weight is 333 g/mol. The highest BCUT2D eigenvalue weighted by atomic mass is 16.3. The molecule has 3 N–H and O–H groups in total. The lowest BCUT2D eigenvalue weighted by Gasteiger charge is -2.25. The molecular formula is C18H27N3O3. The Bertz CT molecular complexity index is 554. The molecule has 24 heavy (non-hydrogen) atoms. The normalized spacial score (nSPS) is 30.7. The van der Waals surface area contributed by atoms with E-state index in [2.05, 4.69) is 29.3 Å². The van der Waals surface area contributed by atoms with Gasteiger partial charge in [0.1, 0.15) is 0 Å². The summed E-state index contributed by atoms with van der Waals surface area (Å²) in [5.74, 6) is 0. The molecule has 0 saturated carbocycles. The Morgan fingerprint density at radius 2 is 2.00 bits per heavy atom. The van der Waals surface area contributed by atoms with Gasteiger partial charge in [-0.3, -0.25) is 4.90 Å². The lowest BCUT2D eigenvalue weighted by molar-refractivity contribution is 0.152. The molecule has 4 atom stereocenters. The van der Waals surface area contributed by atoms with Crippen LogP contribution in [0.4, 0.5) is 4.79 Å². The van der Waals surface area contributed by atoms with E-state index in [0.717, 1.165) is 19.5 Å². The molecule has 0 aromatic heterocycles. The number of β-amino-alcohol motifs (C(OH)–C–C–N with tert-alkyl or cyclic N) is 1. The highest BCUT2D eigenvalue weighted by Crippen LogP contribution is 2.22. The summed E-state index contributed by atoms with van der Waals surface area (Å²) in [5.41, 5.74) is 1.28. The molecule has 2 saturated heterocycles. The molecule has 2 heterocycles. The standard InChI is InChI=1S/C18H27N3O3/c1-13-7-15(10-20(13)9-14-5-3-2-4-6-14)19-18(24)21-11-17(23)8-16(21)12-22/h2-6,13,15-17,22-23H,7-12H2,1H3,(H,19,24)/t13-,15+,16+,17+/m1/s1. The van der Waals surface area contributed by atoms with Gasteiger partial charge in [0, 0.05) is 31.7 Å². The molecular weight excluding hydrogens is 306 g/mol. The van der Waals surface area contributed by atoms with Crippen LogP contribution in [0.25, 0.3) is 0 Å². The summed E-state index contributed by atoms with van der Waals surface area (Å²) < 4.78 is 0. The first-order valence-corrected chi connectivity index (χ1v) is 8.71. The van der Waals surface area contributed by atoms with Crippen LogP contribution in [0.5, 0.6) is 0 Å². The smallest absolute Gasteiger partial charge is 0.318 e. The molecule has 3 rings (SSSR count). The van der Waals surface area contributed by atoms with Crippen molar-refractivity contribution in [2.45, 2.75) is 50.5 Å². The lowest BCUT2D eigenvalue weighted by atomic mass is 10.2. The quantitative estimate of drug-likeness (QED) is 0.761. The van der Waals surface area contributed by atoms with E-state index >= 15 is 0 Å². The Balaban J connectivity index is 1.54. The third kappa shape index (κ3) is 3.88. The van der Waals surface area contributed by atoms with Gasteiger partial charge in [-0.15, -0.1) is 0 Å². The number of nitrogens with zero attached hydrogens (tertiary/aromatic N) is 2. The van der Waals surface area contributed by atoms with E-state index < -0.39 is 6.10 Å². The van der Waals surface area contributed by atoms with Crippen LogP contribution >= 0.6 is 0 Å². The molecule has 6 nitrogen and oxygen atoms in total. The van der Waals surface area contributed by atoms with Crippen molar-refractivity contribution in [2.75, 3.05) is 19.7 Å². The fourth-order valence-electron chi connectivity index (χ4n) is 3.81. The number of urea groups is 1. The van der Waals surface area contributed by atoms with E-state index in [4.69, 9.17) is 0 Å². The van der Waals surface area contributed by atoms with Gasteiger partial charge in [0.05, 0.1) is 18.8 Å². The topological polar surface area (TPSA) is 76.0 Å². The summed E-state index contributed by atoms with van der Waals surface area (Å²) in [6.45, 7) is 4.09. The maximum absolute atomic E-state index is 12.5. The fraction of sp³-hybridized carbons (Fsp3) is 0.611. The first kappa shape index (κ1) is 17.2. The zero-order valence-corrected chi connectivity index (χ0v) is 14.1. The van der Waals surface area contributed by atoms with Gasteiger partial charge in [-0.1, -0.05) is 30.3 Å². The Hall–Kier alpha value is -1.63. The molecule has 2 aliphatic heterocycles. The Morgan fingerprint density at radius 1 is 1.25 bits per heavy atom. The maximum Gasteiger partial charge on any atom is 0.318 e. The molecule has 0 aliphatic carbocycles. The van der Waals surface area contributed by atoms with Crippen molar-refractivity contribution in [1.82, 2.24) is 15.1 Å². The van der Waals surface area contributed by atoms with Crippen LogP contribution in [-0.2, 0) is 6.54 Å². The first-order chi connectivity index (χ1) is 11.6. The van der Waals surface area contributed by atoms with E-state index in [1.54, 1.807) is 4.90 Å². The first-order valence-electron chi connectivity index (χ1n) is 8.71. The minimum atomic E-state index is -0.537. The number of likely N-dealkylation sites (tertiary alicyclic amines) is 2. The van der Waals surface area contributed by atoms with Crippen molar-refractivity contribution < 1.29 is 15.0 Å². The highest BCUT2D eigenvalue weighted by Gasteiger charge is 2.36. The van der Waals surface area contributed by atoms with Gasteiger partial charge in [-0.2, -0.15) is 0 Å². The van der Waals surface area contributed by atoms with Crippen LogP contribution < -0.4 is 5.32 Å². The van der Waals surface area contributed by atoms with E-state index in [1.165, 1.54) is 5.56 Å². The second-order valence-corrected chi connectivity index (χ2v) is 7.02. The molecule has 0 bridgehead atoms. The van der Waals surface area contributed by atoms with Crippen LogP contribution in [0.15, 0.2) is 30.3 Å². The zero-order valence-electron chi connectivity index (χ0n) is 14.1. The van der Waals surface area contributed by atoms with Crippen LogP contribution in [0.3, 0.4) is 0 Å². The van der Waals surface area contributed by atoms with Crippen molar-refractivity contribution in [3.8, 4) is 0 Å². The molecule has 1 aromatic carbocycles. The van der Waals surface area contributed by atoms with Gasteiger partial charge >= 0.3 is 6.03 Å². The molecule has 0 unspecified atom stereocenters. The fourth-order valence-corrected chi connectivity index (χ4v) is 3.81. The highest BCUT2D eigenvalue weighted by molar-refractivity contribution is 5.75. The molecule has 2 fully saturated rings. The molecule has 0 spiro atoms. The van der Waals surface area contributed by atoms with Crippen LogP contribution in [0, 0.1) is 0 Å². The van der Waals surface area contributed by atoms with Crippen molar-refractivity contribution in [3.05, 3.63) is 35.9 Å². The second kappa shape index (κ2) is 7.51. The van der Waals surface area contributed by atoms with Gasteiger partial charge in [-0.25, -0.2) is 4.79 Å². The van der Waals surface area contributed by atoms with Gasteiger partial charge in [-0.05, 0) is 25.3 Å². The minimum absolute atomic E-state index is 0.105. The SMILES string of the molecule is C[C@@H]1C[C@H](NC(=O)N2C[C@@H](O)C[C@H]2CO)CN1Cc1ccccc1. The van der Waals surface area contributed by atoms with Gasteiger partial charge in [0.15, 0.2) is 0 Å². The summed E-state index contributed by atoms with van der Waals surface area (Å²) in [7, 11) is 0. The molecule has 2 aliphatic rings. The Labute approximate surface area is 143 Å². The largest absolute Gasteiger partial charge is 0.394 e. The number of benzene rings is 1. The average Bonchev–Trinajstić information content (AvgIpc) is 3.11. The predicted octanol–water partition coefficient (Wildman–Crippen LogP) is 0.786. The van der Waals surface area contributed by atoms with Crippen LogP contribution in [-0.4, -0.2) is 70.0 Å². The van der Waals surface area contributed by atoms with E-state index in [-0.39, 0.29) is 24.7 Å². The molecule has 1 aromatic rings. The number of carbonyl (C=O) groups excluding carboxylic acids is 1. The molecule has 2 amide bonds. The predicted molar refractivity (Wildman–Crippen MR) is 91.5 cm³/mol. The summed E-state index contributed by atoms with van der Waals surface area (Å²) in [6, 6.07) is 10.4. The Kier molecular flexibility index (Phi) is 5.38. The number of rotatable bonds is 4. The van der Waals surface area contributed by atoms with Crippen LogP contribution in [0.1, 0.15) is 25.3 Å². The second-order valence-electron chi connectivity index (χ2n) is 7.02. The van der Waals surface area contributed by atoms with E-state index in [0.29, 0.717) is 19.0 Å². The van der Waals surface area contributed by atoms with Crippen molar-refractivity contribution in [3.63, 3.8) is 0 Å². The number of hydrogen-bond donors (Lipinski definition) is 3. The van der Waals surface area contributed by atoms with Gasteiger partial charge in [0.25, 0.3) is 0 Å². The third-order valence-corrected chi connectivity index (χ3v) is 5.12. The summed E-state index contributed by atoms with van der Waals surface area (Å²) in [6.07, 6.45) is 0.828. The maximum atomic E-state index is 12.5. The van der Waals surface area contributed by atoms with Crippen molar-refractivity contribution in [2.24, 2.45) is 0 Å². The molecule has 0 radical (unpaired) electrons. The molecule has 132 valence electrons.